The second-order valence-corrected chi connectivity index (χ2v) is 4.59. The number of thioether (sulfide) groups is 1. The highest BCUT2D eigenvalue weighted by atomic mass is 32.2. The summed E-state index contributed by atoms with van der Waals surface area (Å²) in [6.45, 7) is 6.09. The topological polar surface area (TPSA) is 57.0 Å². The third kappa shape index (κ3) is 3.21. The van der Waals surface area contributed by atoms with E-state index in [1.54, 1.807) is 18.7 Å². The molecule has 0 aliphatic rings. The Hall–Kier alpha value is -1.04. The highest BCUT2D eigenvalue weighted by Gasteiger charge is 2.22. The molecular formula is C11H19N3O2S. The van der Waals surface area contributed by atoms with Crippen LogP contribution in [0.1, 0.15) is 42.8 Å². The Bertz CT molecular complexity index is 379. The third-order valence-electron chi connectivity index (χ3n) is 2.52. The molecule has 1 unspecified atom stereocenters. The zero-order valence-electron chi connectivity index (χ0n) is 10.8. The standard InChI is InChI=1S/C11H19N3O2S/c1-5-9(7-17-4)14-8(3)12-13-10(14)11(15)16-6-2/h9H,5-7H2,1-4H3. The monoisotopic (exact) mass is 257 g/mol. The van der Waals surface area contributed by atoms with Gasteiger partial charge in [0.05, 0.1) is 6.61 Å². The van der Waals surface area contributed by atoms with Gasteiger partial charge >= 0.3 is 5.97 Å². The number of carbonyl (C=O) groups excluding carboxylic acids is 1. The average Bonchev–Trinajstić information content (AvgIpc) is 2.68. The lowest BCUT2D eigenvalue weighted by Gasteiger charge is -2.18. The van der Waals surface area contributed by atoms with Gasteiger partial charge in [-0.15, -0.1) is 10.2 Å². The molecule has 6 heteroatoms. The van der Waals surface area contributed by atoms with Crippen molar-refractivity contribution < 1.29 is 9.53 Å². The zero-order valence-corrected chi connectivity index (χ0v) is 11.6. The quantitative estimate of drug-likeness (QED) is 0.730. The van der Waals surface area contributed by atoms with Crippen molar-refractivity contribution in [1.29, 1.82) is 0 Å². The number of ether oxygens (including phenoxy) is 1. The molecule has 0 aromatic carbocycles. The molecule has 1 aromatic rings. The smallest absolute Gasteiger partial charge is 0.376 e. The molecule has 1 atom stereocenters. The van der Waals surface area contributed by atoms with Crippen LogP contribution in [0, 0.1) is 6.92 Å². The summed E-state index contributed by atoms with van der Waals surface area (Å²) >= 11 is 1.75. The molecule has 5 nitrogen and oxygen atoms in total. The van der Waals surface area contributed by atoms with Crippen molar-refractivity contribution in [3.05, 3.63) is 11.6 Å². The summed E-state index contributed by atoms with van der Waals surface area (Å²) in [6.07, 6.45) is 2.98. The summed E-state index contributed by atoms with van der Waals surface area (Å²) in [5, 5.41) is 7.89. The van der Waals surface area contributed by atoms with Crippen molar-refractivity contribution >= 4 is 17.7 Å². The molecule has 1 aromatic heterocycles. The molecule has 0 bridgehead atoms. The summed E-state index contributed by atoms with van der Waals surface area (Å²) < 4.78 is 6.87. The Balaban J connectivity index is 3.03. The first-order valence-corrected chi connectivity index (χ1v) is 7.12. The molecule has 0 aliphatic heterocycles. The molecule has 1 heterocycles. The van der Waals surface area contributed by atoms with Crippen LogP contribution in [-0.4, -0.2) is 39.3 Å². The average molecular weight is 257 g/mol. The summed E-state index contributed by atoms with van der Waals surface area (Å²) in [4.78, 5) is 11.8. The van der Waals surface area contributed by atoms with Gasteiger partial charge in [0, 0.05) is 11.8 Å². The van der Waals surface area contributed by atoms with Crippen LogP contribution in [0.25, 0.3) is 0 Å². The second kappa shape index (κ2) is 6.64. The van der Waals surface area contributed by atoms with Crippen LogP contribution in [0.2, 0.25) is 0 Å². The zero-order chi connectivity index (χ0) is 12.8. The van der Waals surface area contributed by atoms with Crippen molar-refractivity contribution in [2.45, 2.75) is 33.2 Å². The predicted molar refractivity (Wildman–Crippen MR) is 68.4 cm³/mol. The van der Waals surface area contributed by atoms with E-state index in [9.17, 15) is 4.79 Å². The first-order chi connectivity index (χ1) is 8.15. The summed E-state index contributed by atoms with van der Waals surface area (Å²) in [6, 6.07) is 0.236. The van der Waals surface area contributed by atoms with Gasteiger partial charge in [-0.1, -0.05) is 6.92 Å². The van der Waals surface area contributed by atoms with E-state index in [1.807, 2.05) is 17.7 Å². The lowest BCUT2D eigenvalue weighted by Crippen LogP contribution is -2.20. The van der Waals surface area contributed by atoms with Crippen molar-refractivity contribution in [2.75, 3.05) is 18.6 Å². The maximum atomic E-state index is 11.8. The maximum Gasteiger partial charge on any atom is 0.376 e. The number of hydrogen-bond acceptors (Lipinski definition) is 5. The third-order valence-corrected chi connectivity index (χ3v) is 3.24. The van der Waals surface area contributed by atoms with Gasteiger partial charge in [-0.2, -0.15) is 11.8 Å². The van der Waals surface area contributed by atoms with Gasteiger partial charge in [-0.05, 0) is 26.5 Å². The van der Waals surface area contributed by atoms with E-state index in [4.69, 9.17) is 4.74 Å². The summed E-state index contributed by atoms with van der Waals surface area (Å²) in [5.74, 6) is 1.61. The fraction of sp³-hybridized carbons (Fsp3) is 0.727. The van der Waals surface area contributed by atoms with E-state index in [0.29, 0.717) is 12.4 Å². The molecule has 17 heavy (non-hydrogen) atoms. The number of aryl methyl sites for hydroxylation is 1. The molecule has 0 fully saturated rings. The van der Waals surface area contributed by atoms with Gasteiger partial charge in [0.25, 0.3) is 0 Å². The Labute approximate surface area is 106 Å². The lowest BCUT2D eigenvalue weighted by molar-refractivity contribution is 0.0503. The predicted octanol–water partition coefficient (Wildman–Crippen LogP) is 2.08. The van der Waals surface area contributed by atoms with Gasteiger partial charge in [-0.25, -0.2) is 4.79 Å². The Morgan fingerprint density at radius 1 is 1.47 bits per heavy atom. The van der Waals surface area contributed by atoms with Crippen molar-refractivity contribution in [3.8, 4) is 0 Å². The van der Waals surface area contributed by atoms with Crippen molar-refractivity contribution in [3.63, 3.8) is 0 Å². The van der Waals surface area contributed by atoms with E-state index < -0.39 is 5.97 Å². The normalized spacial score (nSPS) is 12.5. The number of aromatic nitrogens is 3. The summed E-state index contributed by atoms with van der Waals surface area (Å²) in [5.41, 5.74) is 0. The highest BCUT2D eigenvalue weighted by molar-refractivity contribution is 7.98. The number of hydrogen-bond donors (Lipinski definition) is 0. The molecule has 0 N–H and O–H groups in total. The van der Waals surface area contributed by atoms with Crippen LogP contribution in [0.4, 0.5) is 0 Å². The number of nitrogens with zero attached hydrogens (tertiary/aromatic N) is 3. The fourth-order valence-electron chi connectivity index (χ4n) is 1.71. The minimum atomic E-state index is -0.396. The highest BCUT2D eigenvalue weighted by Crippen LogP contribution is 2.20. The first kappa shape index (κ1) is 14.0. The van der Waals surface area contributed by atoms with E-state index in [2.05, 4.69) is 17.1 Å². The fourth-order valence-corrected chi connectivity index (χ4v) is 2.48. The molecule has 0 saturated carbocycles. The second-order valence-electron chi connectivity index (χ2n) is 3.68. The Kier molecular flexibility index (Phi) is 5.47. The number of esters is 1. The van der Waals surface area contributed by atoms with Gasteiger partial charge < -0.3 is 9.30 Å². The van der Waals surface area contributed by atoms with E-state index >= 15 is 0 Å². The largest absolute Gasteiger partial charge is 0.460 e. The van der Waals surface area contributed by atoms with Gasteiger partial charge in [0.2, 0.25) is 5.82 Å². The van der Waals surface area contributed by atoms with Crippen molar-refractivity contribution in [1.82, 2.24) is 14.8 Å². The first-order valence-electron chi connectivity index (χ1n) is 5.73. The van der Waals surface area contributed by atoms with E-state index in [0.717, 1.165) is 18.0 Å². The van der Waals surface area contributed by atoms with Crippen LogP contribution >= 0.6 is 11.8 Å². The Morgan fingerprint density at radius 2 is 2.18 bits per heavy atom. The van der Waals surface area contributed by atoms with Gasteiger partial charge in [0.1, 0.15) is 5.82 Å². The Morgan fingerprint density at radius 3 is 2.71 bits per heavy atom. The minimum absolute atomic E-state index is 0.236. The van der Waals surface area contributed by atoms with Gasteiger partial charge in [0.15, 0.2) is 0 Å². The van der Waals surface area contributed by atoms with Crippen LogP contribution in [0.5, 0.6) is 0 Å². The molecule has 96 valence electrons. The van der Waals surface area contributed by atoms with Crippen LogP contribution in [0.3, 0.4) is 0 Å². The molecule has 0 aliphatic carbocycles. The number of carbonyl (C=O) groups is 1. The SMILES string of the molecule is CCOC(=O)c1nnc(C)n1C(CC)CSC. The molecule has 0 spiro atoms. The van der Waals surface area contributed by atoms with E-state index in [-0.39, 0.29) is 6.04 Å². The van der Waals surface area contributed by atoms with Crippen LogP contribution in [-0.2, 0) is 4.74 Å². The number of rotatable bonds is 6. The van der Waals surface area contributed by atoms with E-state index in [1.165, 1.54) is 0 Å². The molecule has 0 saturated heterocycles. The molecule has 0 amide bonds. The molecule has 1 rings (SSSR count). The van der Waals surface area contributed by atoms with Crippen molar-refractivity contribution in [2.24, 2.45) is 0 Å². The molecule has 0 radical (unpaired) electrons. The van der Waals surface area contributed by atoms with Gasteiger partial charge in [-0.3, -0.25) is 0 Å². The maximum absolute atomic E-state index is 11.8. The minimum Gasteiger partial charge on any atom is -0.460 e. The van der Waals surface area contributed by atoms with Crippen LogP contribution in [0.15, 0.2) is 0 Å². The van der Waals surface area contributed by atoms with Crippen LogP contribution < -0.4 is 0 Å². The summed E-state index contributed by atoms with van der Waals surface area (Å²) in [7, 11) is 0. The lowest BCUT2D eigenvalue weighted by atomic mass is 10.2. The molecular weight excluding hydrogens is 238 g/mol.